The highest BCUT2D eigenvalue weighted by molar-refractivity contribution is 8.93. The van der Waals surface area contributed by atoms with Crippen LogP contribution in [0.3, 0.4) is 0 Å². The molecule has 1 amide bonds. The lowest BCUT2D eigenvalue weighted by Gasteiger charge is -1.32. The van der Waals surface area contributed by atoms with Crippen LogP contribution in [-0.4, -0.2) is 6.41 Å². The number of halogens is 2. The molecule has 34 valence electrons. The van der Waals surface area contributed by atoms with Gasteiger partial charge >= 0.3 is 0 Å². The predicted molar refractivity (Wildman–Crippen MR) is 30.9 cm³/mol. The summed E-state index contributed by atoms with van der Waals surface area (Å²) in [7, 11) is 0. The second-order valence-corrected chi connectivity index (χ2v) is 0.136. The van der Waals surface area contributed by atoms with Gasteiger partial charge in [-0.15, -0.1) is 34.0 Å². The number of hydrogen-bond donors (Lipinski definition) is 1. The second-order valence-electron chi connectivity index (χ2n) is 0.136. The summed E-state index contributed by atoms with van der Waals surface area (Å²) in [5.41, 5.74) is 4.17. The fourth-order valence-electron chi connectivity index (χ4n) is 0. The lowest BCUT2D eigenvalue weighted by atomic mass is 11.5. The number of carbonyl (C=O) groups is 1. The number of nitrogens with two attached hydrogens (primary N) is 1. The van der Waals surface area contributed by atoms with Crippen LogP contribution in [0.15, 0.2) is 0 Å². The lowest BCUT2D eigenvalue weighted by Crippen LogP contribution is -1.82. The van der Waals surface area contributed by atoms with Crippen molar-refractivity contribution in [1.82, 2.24) is 0 Å². The van der Waals surface area contributed by atoms with E-state index in [1.165, 1.54) is 0 Å². The monoisotopic (exact) mass is 205 g/mol. The fraction of sp³-hybridized carbons (Fsp3) is 0. The molecule has 0 saturated carbocycles. The third-order valence-electron chi connectivity index (χ3n) is 0. The Hall–Kier alpha value is 0.430. The third-order valence-corrected chi connectivity index (χ3v) is 0. The molecule has 0 heterocycles. The molecule has 0 aromatic heterocycles. The molecule has 0 atom stereocenters. The normalized spacial score (nSPS) is 2.40. The van der Waals surface area contributed by atoms with E-state index in [9.17, 15) is 0 Å². The SMILES string of the molecule is Br.Br.NC=O. The Kier molecular flexibility index (Phi) is 92.0. The van der Waals surface area contributed by atoms with Gasteiger partial charge in [0.05, 0.1) is 0 Å². The maximum atomic E-state index is 8.58. The van der Waals surface area contributed by atoms with Crippen LogP contribution < -0.4 is 5.73 Å². The molecular weight excluding hydrogens is 202 g/mol. The quantitative estimate of drug-likeness (QED) is 0.568. The molecule has 2 N–H and O–H groups in total. The number of rotatable bonds is 0. The Bertz CT molecular complexity index is 17.1. The molecule has 2 nitrogen and oxygen atoms in total. The Morgan fingerprint density at radius 2 is 1.40 bits per heavy atom. The zero-order valence-electron chi connectivity index (χ0n) is 2.38. The van der Waals surface area contributed by atoms with Crippen molar-refractivity contribution >= 4 is 40.4 Å². The van der Waals surface area contributed by atoms with Gasteiger partial charge in [0.15, 0.2) is 0 Å². The molecule has 0 bridgehead atoms. The standard InChI is InChI=1S/CH3NO.2BrH/c2-1-3;;/h1H,(H2,2,3);2*1H. The molecular formula is CH5Br2NO. The van der Waals surface area contributed by atoms with Crippen molar-refractivity contribution in [3.63, 3.8) is 0 Å². The molecule has 0 fully saturated rings. The summed E-state index contributed by atoms with van der Waals surface area (Å²) in [5.74, 6) is 0. The van der Waals surface area contributed by atoms with Gasteiger partial charge in [-0.25, -0.2) is 0 Å². The molecule has 0 rings (SSSR count). The number of amides is 1. The van der Waals surface area contributed by atoms with E-state index >= 15 is 0 Å². The van der Waals surface area contributed by atoms with Crippen molar-refractivity contribution in [3.05, 3.63) is 0 Å². The summed E-state index contributed by atoms with van der Waals surface area (Å²) in [5, 5.41) is 0. The molecule has 5 heavy (non-hydrogen) atoms. The summed E-state index contributed by atoms with van der Waals surface area (Å²) >= 11 is 0. The summed E-state index contributed by atoms with van der Waals surface area (Å²) in [6.45, 7) is 0. The van der Waals surface area contributed by atoms with E-state index in [0.29, 0.717) is 0 Å². The molecule has 0 aromatic carbocycles. The first-order valence-electron chi connectivity index (χ1n) is 0.569. The van der Waals surface area contributed by atoms with Crippen LogP contribution in [0.2, 0.25) is 0 Å². The molecule has 4 heteroatoms. The Morgan fingerprint density at radius 3 is 1.40 bits per heavy atom. The number of carbonyl (C=O) groups excluding carboxylic acids is 1. The van der Waals surface area contributed by atoms with Crippen LogP contribution in [0, 0.1) is 0 Å². The summed E-state index contributed by atoms with van der Waals surface area (Å²) in [6.07, 6.45) is 0.250. The summed E-state index contributed by atoms with van der Waals surface area (Å²) in [4.78, 5) is 8.58. The number of primary amides is 1. The Labute approximate surface area is 51.3 Å². The molecule has 0 saturated heterocycles. The molecule has 0 spiro atoms. The maximum absolute atomic E-state index is 8.58. The highest BCUT2D eigenvalue weighted by Crippen LogP contribution is 0.847. The Balaban J connectivity index is -0.0000000200. The van der Waals surface area contributed by atoms with Gasteiger partial charge in [-0.1, -0.05) is 0 Å². The van der Waals surface area contributed by atoms with Gasteiger partial charge in [0.1, 0.15) is 0 Å². The first kappa shape index (κ1) is 18.0. The van der Waals surface area contributed by atoms with Crippen LogP contribution in [0.4, 0.5) is 0 Å². The molecule has 0 aliphatic carbocycles. The van der Waals surface area contributed by atoms with Crippen LogP contribution in [0.5, 0.6) is 0 Å². The van der Waals surface area contributed by atoms with E-state index in [2.05, 4.69) is 5.73 Å². The van der Waals surface area contributed by atoms with Crippen molar-refractivity contribution in [2.45, 2.75) is 0 Å². The van der Waals surface area contributed by atoms with Crippen molar-refractivity contribution in [1.29, 1.82) is 0 Å². The van der Waals surface area contributed by atoms with Crippen LogP contribution >= 0.6 is 34.0 Å². The van der Waals surface area contributed by atoms with Gasteiger partial charge in [-0.2, -0.15) is 0 Å². The number of hydrogen-bond acceptors (Lipinski definition) is 1. The van der Waals surface area contributed by atoms with Crippen molar-refractivity contribution in [3.8, 4) is 0 Å². The van der Waals surface area contributed by atoms with E-state index in [-0.39, 0.29) is 40.4 Å². The van der Waals surface area contributed by atoms with Crippen molar-refractivity contribution in [2.24, 2.45) is 5.73 Å². The fourth-order valence-corrected chi connectivity index (χ4v) is 0. The van der Waals surface area contributed by atoms with E-state index in [4.69, 9.17) is 4.79 Å². The molecule has 0 radical (unpaired) electrons. The first-order chi connectivity index (χ1) is 1.41. The minimum Gasteiger partial charge on any atom is -0.372 e. The zero-order valence-corrected chi connectivity index (χ0v) is 5.81. The molecule has 0 aromatic rings. The van der Waals surface area contributed by atoms with E-state index in [1.807, 2.05) is 0 Å². The topological polar surface area (TPSA) is 43.1 Å². The second kappa shape index (κ2) is 25.5. The van der Waals surface area contributed by atoms with E-state index in [0.717, 1.165) is 0 Å². The summed E-state index contributed by atoms with van der Waals surface area (Å²) < 4.78 is 0. The predicted octanol–water partition coefficient (Wildman–Crippen LogP) is 0.257. The van der Waals surface area contributed by atoms with Crippen molar-refractivity contribution < 1.29 is 4.79 Å². The van der Waals surface area contributed by atoms with Crippen LogP contribution in [0.1, 0.15) is 0 Å². The average molecular weight is 207 g/mol. The minimum absolute atomic E-state index is 0. The molecule has 0 unspecified atom stereocenters. The van der Waals surface area contributed by atoms with E-state index < -0.39 is 0 Å². The van der Waals surface area contributed by atoms with Gasteiger partial charge in [0, 0.05) is 0 Å². The third kappa shape index (κ3) is 141. The van der Waals surface area contributed by atoms with Gasteiger partial charge in [0.25, 0.3) is 0 Å². The zero-order chi connectivity index (χ0) is 2.71. The smallest absolute Gasteiger partial charge is 0.204 e. The first-order valence-corrected chi connectivity index (χ1v) is 0.569. The van der Waals surface area contributed by atoms with Gasteiger partial charge in [-0.05, 0) is 0 Å². The van der Waals surface area contributed by atoms with Crippen LogP contribution in [-0.2, 0) is 4.79 Å². The van der Waals surface area contributed by atoms with E-state index in [1.54, 1.807) is 0 Å². The van der Waals surface area contributed by atoms with Gasteiger partial charge in [-0.3, -0.25) is 4.79 Å². The van der Waals surface area contributed by atoms with Gasteiger partial charge < -0.3 is 5.73 Å². The molecule has 0 aliphatic heterocycles. The Morgan fingerprint density at radius 1 is 1.40 bits per heavy atom. The van der Waals surface area contributed by atoms with Crippen molar-refractivity contribution in [2.75, 3.05) is 0 Å². The summed E-state index contributed by atoms with van der Waals surface area (Å²) in [6, 6.07) is 0. The maximum Gasteiger partial charge on any atom is 0.204 e. The largest absolute Gasteiger partial charge is 0.372 e. The average Bonchev–Trinajstić information content (AvgIpc) is 0.918. The molecule has 0 aliphatic rings. The lowest BCUT2D eigenvalue weighted by molar-refractivity contribution is -0.106. The highest BCUT2D eigenvalue weighted by atomic mass is 79.9. The minimum atomic E-state index is 0. The van der Waals surface area contributed by atoms with Gasteiger partial charge in [0.2, 0.25) is 6.41 Å². The highest BCUT2D eigenvalue weighted by Gasteiger charge is 1.19. The van der Waals surface area contributed by atoms with Crippen LogP contribution in [0.25, 0.3) is 0 Å².